The lowest BCUT2D eigenvalue weighted by Crippen LogP contribution is -2.13. The van der Waals surface area contributed by atoms with Crippen LogP contribution >= 0.6 is 11.3 Å². The minimum absolute atomic E-state index is 0.461. The van der Waals surface area contributed by atoms with Crippen molar-refractivity contribution in [2.24, 2.45) is 5.73 Å². The van der Waals surface area contributed by atoms with E-state index < -0.39 is 5.91 Å². The Labute approximate surface area is 164 Å². The van der Waals surface area contributed by atoms with Crippen molar-refractivity contribution in [1.82, 2.24) is 9.97 Å². The number of furan rings is 1. The molecule has 0 radical (unpaired) electrons. The highest BCUT2D eigenvalue weighted by Crippen LogP contribution is 2.29. The third kappa shape index (κ3) is 2.93. The number of carbonyl (C=O) groups excluding carboxylic acids is 1. The maximum atomic E-state index is 12.1. The minimum atomic E-state index is -0.472. The average molecular weight is 385 g/mol. The number of rotatable bonds is 4. The Kier molecular flexibility index (Phi) is 3.91. The fraction of sp³-hybridized carbons (Fsp3) is 0.0455. The summed E-state index contributed by atoms with van der Waals surface area (Å²) in [4.78, 5) is 21.2. The molecule has 0 aliphatic heterocycles. The summed E-state index contributed by atoms with van der Waals surface area (Å²) in [6.45, 7) is 0. The average Bonchev–Trinajstić information content (AvgIpc) is 3.38. The first-order chi connectivity index (χ1) is 13.7. The van der Waals surface area contributed by atoms with Gasteiger partial charge in [0.15, 0.2) is 0 Å². The van der Waals surface area contributed by atoms with E-state index in [0.29, 0.717) is 12.0 Å². The second-order valence-electron chi connectivity index (χ2n) is 6.55. The Bertz CT molecular complexity index is 1320. The van der Waals surface area contributed by atoms with Crippen LogP contribution in [0.4, 0.5) is 0 Å². The van der Waals surface area contributed by atoms with Crippen molar-refractivity contribution in [2.75, 3.05) is 0 Å². The molecule has 1 amide bonds. The molecule has 2 aromatic carbocycles. The zero-order valence-electron chi connectivity index (χ0n) is 14.8. The molecule has 0 spiro atoms. The van der Waals surface area contributed by atoms with Crippen LogP contribution < -0.4 is 5.73 Å². The van der Waals surface area contributed by atoms with E-state index in [0.717, 1.165) is 43.7 Å². The van der Waals surface area contributed by atoms with Gasteiger partial charge in [-0.05, 0) is 53.6 Å². The number of aromatic nitrogens is 2. The number of fused-ring (bicyclic) bond motifs is 2. The first kappa shape index (κ1) is 16.6. The van der Waals surface area contributed by atoms with E-state index in [9.17, 15) is 4.79 Å². The third-order valence-corrected chi connectivity index (χ3v) is 5.54. The summed E-state index contributed by atoms with van der Waals surface area (Å²) in [5.41, 5.74) is 12.4. The summed E-state index contributed by atoms with van der Waals surface area (Å²) in [5, 5.41) is 0.742. The lowest BCUT2D eigenvalue weighted by Gasteiger charge is -2.09. The highest BCUT2D eigenvalue weighted by molar-refractivity contribution is 7.16. The summed E-state index contributed by atoms with van der Waals surface area (Å²) in [7, 11) is 0. The molecular weight excluding hydrogens is 370 g/mol. The van der Waals surface area contributed by atoms with Gasteiger partial charge < -0.3 is 10.2 Å². The second-order valence-corrected chi connectivity index (χ2v) is 7.43. The molecule has 0 aliphatic rings. The van der Waals surface area contributed by atoms with Crippen LogP contribution in [0.1, 0.15) is 21.8 Å². The molecule has 28 heavy (non-hydrogen) atoms. The van der Waals surface area contributed by atoms with Crippen LogP contribution in [0.5, 0.6) is 0 Å². The molecule has 0 saturated heterocycles. The SMILES string of the molecule is NC(=O)c1cc(Cc2ccco2)nc2ccc(-c3ccc4scnc4c3)cc12. The van der Waals surface area contributed by atoms with Crippen LogP contribution in [0.2, 0.25) is 0 Å². The number of primary amides is 1. The Morgan fingerprint density at radius 3 is 2.71 bits per heavy atom. The number of thiazole rings is 1. The lowest BCUT2D eigenvalue weighted by molar-refractivity contribution is 0.100. The van der Waals surface area contributed by atoms with Gasteiger partial charge >= 0.3 is 0 Å². The van der Waals surface area contributed by atoms with Crippen molar-refractivity contribution < 1.29 is 9.21 Å². The van der Waals surface area contributed by atoms with Gasteiger partial charge in [0, 0.05) is 17.5 Å². The van der Waals surface area contributed by atoms with E-state index in [-0.39, 0.29) is 0 Å². The monoisotopic (exact) mass is 385 g/mol. The maximum absolute atomic E-state index is 12.1. The third-order valence-electron chi connectivity index (χ3n) is 4.73. The fourth-order valence-electron chi connectivity index (χ4n) is 3.38. The van der Waals surface area contributed by atoms with Gasteiger partial charge in [-0.25, -0.2) is 4.98 Å². The van der Waals surface area contributed by atoms with Gasteiger partial charge in [-0.3, -0.25) is 9.78 Å². The van der Waals surface area contributed by atoms with Crippen LogP contribution in [0.3, 0.4) is 0 Å². The highest BCUT2D eigenvalue weighted by Gasteiger charge is 2.13. The van der Waals surface area contributed by atoms with Crippen molar-refractivity contribution in [3.63, 3.8) is 0 Å². The zero-order chi connectivity index (χ0) is 19.1. The van der Waals surface area contributed by atoms with E-state index in [1.807, 2.05) is 35.8 Å². The molecule has 3 heterocycles. The van der Waals surface area contributed by atoms with Crippen LogP contribution in [0.15, 0.2) is 70.8 Å². The largest absolute Gasteiger partial charge is 0.469 e. The summed E-state index contributed by atoms with van der Waals surface area (Å²) >= 11 is 1.61. The van der Waals surface area contributed by atoms with Gasteiger partial charge in [0.2, 0.25) is 5.91 Å². The zero-order valence-corrected chi connectivity index (χ0v) is 15.6. The normalized spacial score (nSPS) is 11.3. The van der Waals surface area contributed by atoms with E-state index in [1.54, 1.807) is 23.7 Å². The van der Waals surface area contributed by atoms with Gasteiger partial charge in [-0.15, -0.1) is 11.3 Å². The lowest BCUT2D eigenvalue weighted by atomic mass is 9.99. The summed E-state index contributed by atoms with van der Waals surface area (Å²) < 4.78 is 6.54. The van der Waals surface area contributed by atoms with Gasteiger partial charge in [-0.1, -0.05) is 12.1 Å². The molecule has 136 valence electrons. The highest BCUT2D eigenvalue weighted by atomic mass is 32.1. The summed E-state index contributed by atoms with van der Waals surface area (Å²) in [6.07, 6.45) is 2.13. The number of hydrogen-bond acceptors (Lipinski definition) is 5. The van der Waals surface area contributed by atoms with E-state index in [1.165, 1.54) is 0 Å². The van der Waals surface area contributed by atoms with Crippen molar-refractivity contribution >= 4 is 38.4 Å². The quantitative estimate of drug-likeness (QED) is 0.482. The molecule has 0 atom stereocenters. The number of pyridine rings is 1. The van der Waals surface area contributed by atoms with E-state index in [2.05, 4.69) is 23.2 Å². The number of benzene rings is 2. The molecule has 6 heteroatoms. The first-order valence-electron chi connectivity index (χ1n) is 8.77. The molecule has 0 aliphatic carbocycles. The molecule has 3 aromatic heterocycles. The molecule has 5 rings (SSSR count). The number of hydrogen-bond donors (Lipinski definition) is 1. The molecule has 2 N–H and O–H groups in total. The molecule has 0 bridgehead atoms. The first-order valence-corrected chi connectivity index (χ1v) is 9.65. The topological polar surface area (TPSA) is 82.0 Å². The van der Waals surface area contributed by atoms with Crippen molar-refractivity contribution in [3.8, 4) is 11.1 Å². The van der Waals surface area contributed by atoms with Crippen LogP contribution in [0.25, 0.3) is 32.2 Å². The maximum Gasteiger partial charge on any atom is 0.249 e. The number of amides is 1. The minimum Gasteiger partial charge on any atom is -0.469 e. The van der Waals surface area contributed by atoms with Gasteiger partial charge in [0.05, 0.1) is 33.1 Å². The molecule has 0 fully saturated rings. The molecule has 5 aromatic rings. The summed E-state index contributed by atoms with van der Waals surface area (Å²) in [5.74, 6) is 0.315. The summed E-state index contributed by atoms with van der Waals surface area (Å²) in [6, 6.07) is 17.5. The van der Waals surface area contributed by atoms with E-state index in [4.69, 9.17) is 15.1 Å². The van der Waals surface area contributed by atoms with Crippen LogP contribution in [0, 0.1) is 0 Å². The van der Waals surface area contributed by atoms with Gasteiger partial charge in [0.1, 0.15) is 5.76 Å². The Balaban J connectivity index is 1.63. The smallest absolute Gasteiger partial charge is 0.249 e. The molecule has 0 saturated carbocycles. The number of nitrogens with two attached hydrogens (primary N) is 1. The van der Waals surface area contributed by atoms with Gasteiger partial charge in [-0.2, -0.15) is 0 Å². The van der Waals surface area contributed by atoms with Crippen molar-refractivity contribution in [1.29, 1.82) is 0 Å². The Hall–Kier alpha value is -3.51. The van der Waals surface area contributed by atoms with Crippen LogP contribution in [-0.4, -0.2) is 15.9 Å². The predicted octanol–water partition coefficient (Wildman–Crippen LogP) is 4.79. The molecule has 0 unspecified atom stereocenters. The Morgan fingerprint density at radius 1 is 1.04 bits per heavy atom. The van der Waals surface area contributed by atoms with Crippen molar-refractivity contribution in [3.05, 3.63) is 83.4 Å². The fourth-order valence-corrected chi connectivity index (χ4v) is 4.04. The van der Waals surface area contributed by atoms with E-state index >= 15 is 0 Å². The predicted molar refractivity (Wildman–Crippen MR) is 110 cm³/mol. The number of carbonyl (C=O) groups is 1. The van der Waals surface area contributed by atoms with Crippen LogP contribution in [-0.2, 0) is 6.42 Å². The van der Waals surface area contributed by atoms with Gasteiger partial charge in [0.25, 0.3) is 0 Å². The molecule has 5 nitrogen and oxygen atoms in total. The van der Waals surface area contributed by atoms with Crippen molar-refractivity contribution in [2.45, 2.75) is 6.42 Å². The number of nitrogens with zero attached hydrogens (tertiary/aromatic N) is 2. The molecular formula is C22H15N3O2S. The standard InChI is InChI=1S/C22H15N3O2S/c23-22(26)18-11-15(10-16-2-1-7-27-16)25-19-5-3-13(8-17(18)19)14-4-6-21-20(9-14)24-12-28-21/h1-9,11-12H,10H2,(H2,23,26). The Morgan fingerprint density at radius 2 is 1.89 bits per heavy atom. The second kappa shape index (κ2) is 6.58.